The summed E-state index contributed by atoms with van der Waals surface area (Å²) in [5.41, 5.74) is 1.54. The van der Waals surface area contributed by atoms with E-state index in [4.69, 9.17) is 0 Å². The van der Waals surface area contributed by atoms with Crippen LogP contribution in [0.5, 0.6) is 0 Å². The van der Waals surface area contributed by atoms with Crippen molar-refractivity contribution in [1.29, 1.82) is 0 Å². The summed E-state index contributed by atoms with van der Waals surface area (Å²) in [7, 11) is 0. The van der Waals surface area contributed by atoms with Gasteiger partial charge >= 0.3 is 0 Å². The van der Waals surface area contributed by atoms with E-state index in [9.17, 15) is 4.79 Å². The molecule has 0 saturated carbocycles. The number of thiazole rings is 1. The van der Waals surface area contributed by atoms with Crippen LogP contribution in [0.25, 0.3) is 11.0 Å². The van der Waals surface area contributed by atoms with E-state index in [-0.39, 0.29) is 11.9 Å². The van der Waals surface area contributed by atoms with Gasteiger partial charge in [0, 0.05) is 12.6 Å². The predicted octanol–water partition coefficient (Wildman–Crippen LogP) is 3.26. The Balaban J connectivity index is 1.76. The van der Waals surface area contributed by atoms with Crippen molar-refractivity contribution in [3.63, 3.8) is 0 Å². The molecule has 28 heavy (non-hydrogen) atoms. The predicted molar refractivity (Wildman–Crippen MR) is 114 cm³/mol. The molecule has 0 spiro atoms. The minimum Gasteiger partial charge on any atom is -0.367 e. The number of fused-ring (bicyclic) bond motifs is 1. The standard InChI is InChI=1S/C18H25N7OS2/c1-6-27-18-23-15(21-10(2)3)13-9-20-25(16(13)24-18)8-7-19-17(26)14-11(4)22-12(5)28-14/h9-10H,6-8H2,1-5H3,(H,19,26)(H,21,23,24). The minimum atomic E-state index is -0.0985. The number of thioether (sulfide) groups is 1. The summed E-state index contributed by atoms with van der Waals surface area (Å²) >= 11 is 3.01. The molecule has 3 rings (SSSR count). The van der Waals surface area contributed by atoms with Gasteiger partial charge < -0.3 is 10.6 Å². The molecule has 10 heteroatoms. The van der Waals surface area contributed by atoms with E-state index in [0.717, 1.165) is 38.5 Å². The summed E-state index contributed by atoms with van der Waals surface area (Å²) < 4.78 is 1.81. The highest BCUT2D eigenvalue weighted by Crippen LogP contribution is 2.24. The second-order valence-electron chi connectivity index (χ2n) is 6.60. The number of nitrogens with zero attached hydrogens (tertiary/aromatic N) is 5. The molecular formula is C18H25N7OS2. The third kappa shape index (κ3) is 4.61. The van der Waals surface area contributed by atoms with Crippen LogP contribution in [0.1, 0.15) is 41.1 Å². The Morgan fingerprint density at radius 1 is 1.29 bits per heavy atom. The average molecular weight is 420 g/mol. The number of hydrogen-bond donors (Lipinski definition) is 2. The Morgan fingerprint density at radius 3 is 2.71 bits per heavy atom. The van der Waals surface area contributed by atoms with Gasteiger partial charge in [0.25, 0.3) is 5.91 Å². The number of anilines is 1. The van der Waals surface area contributed by atoms with Crippen molar-refractivity contribution in [3.8, 4) is 0 Å². The molecule has 3 aromatic rings. The van der Waals surface area contributed by atoms with Gasteiger partial charge in [-0.2, -0.15) is 5.10 Å². The molecule has 0 saturated heterocycles. The zero-order valence-corrected chi connectivity index (χ0v) is 18.4. The van der Waals surface area contributed by atoms with E-state index in [1.807, 2.05) is 18.5 Å². The van der Waals surface area contributed by atoms with E-state index in [0.29, 0.717) is 18.0 Å². The number of amides is 1. The molecule has 0 atom stereocenters. The summed E-state index contributed by atoms with van der Waals surface area (Å²) in [5, 5.41) is 13.3. The number of carbonyl (C=O) groups excluding carboxylic acids is 1. The SMILES string of the molecule is CCSc1nc(NC(C)C)c2cnn(CCNC(=O)c3sc(C)nc3C)c2n1. The fourth-order valence-corrected chi connectivity index (χ4v) is 4.17. The van der Waals surface area contributed by atoms with Gasteiger partial charge in [0.1, 0.15) is 10.7 Å². The number of aryl methyl sites for hydroxylation is 2. The molecule has 8 nitrogen and oxygen atoms in total. The highest BCUT2D eigenvalue weighted by molar-refractivity contribution is 7.99. The molecule has 150 valence electrons. The molecule has 0 unspecified atom stereocenters. The van der Waals surface area contributed by atoms with E-state index < -0.39 is 0 Å². The van der Waals surface area contributed by atoms with E-state index in [2.05, 4.69) is 51.5 Å². The van der Waals surface area contributed by atoms with Crippen LogP contribution < -0.4 is 10.6 Å². The third-order valence-corrected chi connectivity index (χ3v) is 5.69. The summed E-state index contributed by atoms with van der Waals surface area (Å²) in [5.74, 6) is 1.59. The normalized spacial score (nSPS) is 11.4. The van der Waals surface area contributed by atoms with Gasteiger partial charge in [-0.25, -0.2) is 19.6 Å². The molecule has 2 N–H and O–H groups in total. The number of nitrogens with one attached hydrogen (secondary N) is 2. The average Bonchev–Trinajstić information content (AvgIpc) is 3.17. The summed E-state index contributed by atoms with van der Waals surface area (Å²) in [4.78, 5) is 26.6. The molecule has 0 fully saturated rings. The maximum absolute atomic E-state index is 12.4. The Hall–Kier alpha value is -2.20. The first-order chi connectivity index (χ1) is 13.4. The molecule has 0 aliphatic rings. The van der Waals surface area contributed by atoms with Gasteiger partial charge in [0.05, 0.1) is 28.8 Å². The zero-order valence-electron chi connectivity index (χ0n) is 16.7. The van der Waals surface area contributed by atoms with E-state index in [1.54, 1.807) is 18.0 Å². The smallest absolute Gasteiger partial charge is 0.263 e. The molecule has 0 aliphatic carbocycles. The molecule has 0 radical (unpaired) electrons. The number of carbonyl (C=O) groups is 1. The monoisotopic (exact) mass is 419 g/mol. The van der Waals surface area contributed by atoms with Crippen LogP contribution in [0.15, 0.2) is 11.4 Å². The number of hydrogen-bond acceptors (Lipinski definition) is 8. The van der Waals surface area contributed by atoms with Crippen LogP contribution in [0.3, 0.4) is 0 Å². The first-order valence-electron chi connectivity index (χ1n) is 9.24. The zero-order chi connectivity index (χ0) is 20.3. The van der Waals surface area contributed by atoms with Gasteiger partial charge in [0.2, 0.25) is 0 Å². The Kier molecular flexibility index (Phi) is 6.50. The van der Waals surface area contributed by atoms with Crippen LogP contribution in [0, 0.1) is 13.8 Å². The minimum absolute atomic E-state index is 0.0985. The highest BCUT2D eigenvalue weighted by atomic mass is 32.2. The Bertz CT molecular complexity index is 980. The summed E-state index contributed by atoms with van der Waals surface area (Å²) in [6.45, 7) is 11.0. The lowest BCUT2D eigenvalue weighted by atomic mass is 10.3. The van der Waals surface area contributed by atoms with Crippen LogP contribution in [0.2, 0.25) is 0 Å². The lowest BCUT2D eigenvalue weighted by Crippen LogP contribution is -2.27. The van der Waals surface area contributed by atoms with Crippen molar-refractivity contribution in [1.82, 2.24) is 30.0 Å². The molecule has 0 aromatic carbocycles. The second kappa shape index (κ2) is 8.87. The van der Waals surface area contributed by atoms with Gasteiger partial charge in [0.15, 0.2) is 10.8 Å². The van der Waals surface area contributed by atoms with Crippen LogP contribution >= 0.6 is 23.1 Å². The van der Waals surface area contributed by atoms with Crippen molar-refractivity contribution in [2.45, 2.75) is 52.4 Å². The summed E-state index contributed by atoms with van der Waals surface area (Å²) in [6.07, 6.45) is 1.78. The molecule has 0 aliphatic heterocycles. The van der Waals surface area contributed by atoms with Crippen molar-refractivity contribution in [2.75, 3.05) is 17.6 Å². The maximum Gasteiger partial charge on any atom is 0.263 e. The number of aromatic nitrogens is 5. The molecule has 3 heterocycles. The quantitative estimate of drug-likeness (QED) is 0.427. The maximum atomic E-state index is 12.4. The fraction of sp³-hybridized carbons (Fsp3) is 0.500. The van der Waals surface area contributed by atoms with Gasteiger partial charge in [-0.05, 0) is 33.4 Å². The van der Waals surface area contributed by atoms with Crippen LogP contribution in [0.4, 0.5) is 5.82 Å². The Labute approximate surface area is 172 Å². The van der Waals surface area contributed by atoms with Crippen LogP contribution in [-0.2, 0) is 6.54 Å². The van der Waals surface area contributed by atoms with E-state index >= 15 is 0 Å². The topological polar surface area (TPSA) is 97.6 Å². The first-order valence-corrected chi connectivity index (χ1v) is 11.0. The molecule has 1 amide bonds. The van der Waals surface area contributed by atoms with Gasteiger partial charge in [-0.15, -0.1) is 11.3 Å². The molecule has 3 aromatic heterocycles. The summed E-state index contributed by atoms with van der Waals surface area (Å²) in [6, 6.07) is 0.256. The van der Waals surface area contributed by atoms with Crippen molar-refractivity contribution in [3.05, 3.63) is 21.8 Å². The highest BCUT2D eigenvalue weighted by Gasteiger charge is 2.16. The van der Waals surface area contributed by atoms with Gasteiger partial charge in [-0.3, -0.25) is 4.79 Å². The molecule has 0 bridgehead atoms. The third-order valence-electron chi connectivity index (χ3n) is 3.89. The van der Waals surface area contributed by atoms with Crippen molar-refractivity contribution < 1.29 is 4.79 Å². The largest absolute Gasteiger partial charge is 0.367 e. The Morgan fingerprint density at radius 2 is 2.07 bits per heavy atom. The van der Waals surface area contributed by atoms with Crippen molar-refractivity contribution >= 4 is 45.9 Å². The number of rotatable bonds is 8. The van der Waals surface area contributed by atoms with Crippen molar-refractivity contribution in [2.24, 2.45) is 0 Å². The van der Waals surface area contributed by atoms with Gasteiger partial charge in [-0.1, -0.05) is 18.7 Å². The lowest BCUT2D eigenvalue weighted by molar-refractivity contribution is 0.0955. The second-order valence-corrected chi connectivity index (χ2v) is 9.03. The fourth-order valence-electron chi connectivity index (χ4n) is 2.77. The van der Waals surface area contributed by atoms with Crippen LogP contribution in [-0.4, -0.2) is 49.0 Å². The first kappa shape index (κ1) is 20.5. The molecular weight excluding hydrogens is 394 g/mol. The van der Waals surface area contributed by atoms with E-state index in [1.165, 1.54) is 11.3 Å². The lowest BCUT2D eigenvalue weighted by Gasteiger charge is -2.11.